The maximum Gasteiger partial charge on any atom is 0.222 e. The van der Waals surface area contributed by atoms with Crippen LogP contribution in [0.15, 0.2) is 30.3 Å². The number of carbonyl (C=O) groups is 1. The van der Waals surface area contributed by atoms with Crippen LogP contribution in [0.2, 0.25) is 0 Å². The Hall–Kier alpha value is -1.85. The lowest BCUT2D eigenvalue weighted by atomic mass is 9.83. The van der Waals surface area contributed by atoms with Crippen LogP contribution in [0.5, 0.6) is 5.75 Å². The molecule has 0 aromatic heterocycles. The number of methoxy groups -OCH3 is 1. The molecule has 2 atom stereocenters. The summed E-state index contributed by atoms with van der Waals surface area (Å²) in [6, 6.07) is 8.61. The van der Waals surface area contributed by atoms with Crippen LogP contribution in [-0.4, -0.2) is 80.6 Å². The molecular formula is C23H35N3O2. The summed E-state index contributed by atoms with van der Waals surface area (Å²) in [5, 5.41) is 0. The fourth-order valence-electron chi connectivity index (χ4n) is 4.49. The van der Waals surface area contributed by atoms with Gasteiger partial charge in [-0.1, -0.05) is 24.3 Å². The number of carbonyl (C=O) groups excluding carboxylic acids is 1. The highest BCUT2D eigenvalue weighted by molar-refractivity contribution is 5.77. The first-order valence-corrected chi connectivity index (χ1v) is 10.5. The fourth-order valence-corrected chi connectivity index (χ4v) is 4.49. The van der Waals surface area contributed by atoms with Gasteiger partial charge in [0, 0.05) is 38.6 Å². The van der Waals surface area contributed by atoms with Gasteiger partial charge in [-0.15, -0.1) is 0 Å². The number of amides is 1. The van der Waals surface area contributed by atoms with Crippen LogP contribution in [0.4, 0.5) is 0 Å². The summed E-state index contributed by atoms with van der Waals surface area (Å²) in [6.45, 7) is 5.11. The van der Waals surface area contributed by atoms with Gasteiger partial charge in [-0.2, -0.15) is 0 Å². The van der Waals surface area contributed by atoms with Crippen molar-refractivity contribution in [2.75, 3.05) is 53.9 Å². The second-order valence-corrected chi connectivity index (χ2v) is 8.33. The zero-order valence-corrected chi connectivity index (χ0v) is 17.6. The molecule has 5 nitrogen and oxygen atoms in total. The molecule has 5 heteroatoms. The second kappa shape index (κ2) is 10.1. The normalized spacial score (nSPS) is 23.4. The van der Waals surface area contributed by atoms with Crippen molar-refractivity contribution in [2.45, 2.75) is 31.7 Å². The Balaban J connectivity index is 1.49. The van der Waals surface area contributed by atoms with Crippen molar-refractivity contribution >= 4 is 12.0 Å². The number of hydrogen-bond donors (Lipinski definition) is 0. The first-order chi connectivity index (χ1) is 13.6. The molecule has 2 aliphatic heterocycles. The van der Waals surface area contributed by atoms with Crippen LogP contribution in [0.1, 0.15) is 31.2 Å². The van der Waals surface area contributed by atoms with Crippen molar-refractivity contribution in [3.05, 3.63) is 35.9 Å². The first-order valence-electron chi connectivity index (χ1n) is 10.5. The van der Waals surface area contributed by atoms with E-state index in [2.05, 4.69) is 53.1 Å². The Morgan fingerprint density at radius 1 is 1.21 bits per heavy atom. The molecule has 1 aromatic carbocycles. The molecule has 1 amide bonds. The lowest BCUT2D eigenvalue weighted by Gasteiger charge is -2.47. The monoisotopic (exact) mass is 385 g/mol. The van der Waals surface area contributed by atoms with E-state index in [0.29, 0.717) is 17.9 Å². The molecule has 0 unspecified atom stereocenters. The van der Waals surface area contributed by atoms with Crippen LogP contribution >= 0.6 is 0 Å². The fraction of sp³-hybridized carbons (Fsp3) is 0.609. The van der Waals surface area contributed by atoms with E-state index in [-0.39, 0.29) is 0 Å². The Morgan fingerprint density at radius 2 is 2.00 bits per heavy atom. The van der Waals surface area contributed by atoms with E-state index in [1.165, 1.54) is 5.56 Å². The smallest absolute Gasteiger partial charge is 0.222 e. The Bertz CT molecular complexity index is 656. The largest absolute Gasteiger partial charge is 0.497 e. The van der Waals surface area contributed by atoms with Gasteiger partial charge in [0.25, 0.3) is 0 Å². The molecule has 0 bridgehead atoms. The van der Waals surface area contributed by atoms with Crippen LogP contribution in [0.3, 0.4) is 0 Å². The van der Waals surface area contributed by atoms with Crippen molar-refractivity contribution in [1.29, 1.82) is 0 Å². The molecule has 0 radical (unpaired) electrons. The third-order valence-corrected chi connectivity index (χ3v) is 6.02. The molecule has 2 fully saturated rings. The van der Waals surface area contributed by atoms with E-state index in [4.69, 9.17) is 4.74 Å². The predicted octanol–water partition coefficient (Wildman–Crippen LogP) is 2.97. The quantitative estimate of drug-likeness (QED) is 0.689. The third kappa shape index (κ3) is 5.58. The Kier molecular flexibility index (Phi) is 7.51. The van der Waals surface area contributed by atoms with Crippen molar-refractivity contribution in [3.63, 3.8) is 0 Å². The summed E-state index contributed by atoms with van der Waals surface area (Å²) in [5.74, 6) is 1.88. The summed E-state index contributed by atoms with van der Waals surface area (Å²) in [6.07, 6.45) is 8.38. The van der Waals surface area contributed by atoms with Gasteiger partial charge in [-0.05, 0) is 63.5 Å². The molecule has 0 spiro atoms. The van der Waals surface area contributed by atoms with Crippen molar-refractivity contribution in [1.82, 2.24) is 14.7 Å². The number of rotatable bonds is 8. The molecule has 0 N–H and O–H groups in total. The van der Waals surface area contributed by atoms with Gasteiger partial charge in [0.05, 0.1) is 7.11 Å². The molecule has 0 aliphatic carbocycles. The average molecular weight is 386 g/mol. The molecule has 0 saturated carbocycles. The number of likely N-dealkylation sites (tertiary alicyclic amines) is 2. The SMILES string of the molecule is COc1ccc(/C=C/CN2CC[C@H]3[C@H](CCC(=O)N3CCCN(C)C)C2)cc1. The summed E-state index contributed by atoms with van der Waals surface area (Å²) >= 11 is 0. The van der Waals surface area contributed by atoms with E-state index in [9.17, 15) is 4.79 Å². The molecule has 2 aliphatic rings. The second-order valence-electron chi connectivity index (χ2n) is 8.33. The highest BCUT2D eigenvalue weighted by atomic mass is 16.5. The summed E-state index contributed by atoms with van der Waals surface area (Å²) in [4.78, 5) is 19.4. The minimum absolute atomic E-state index is 0.368. The summed E-state index contributed by atoms with van der Waals surface area (Å²) in [5.41, 5.74) is 1.20. The molecule has 2 saturated heterocycles. The maximum atomic E-state index is 12.5. The maximum absolute atomic E-state index is 12.5. The van der Waals surface area contributed by atoms with Gasteiger partial charge >= 0.3 is 0 Å². The summed E-state index contributed by atoms with van der Waals surface area (Å²) < 4.78 is 5.21. The van der Waals surface area contributed by atoms with Crippen LogP contribution in [0, 0.1) is 5.92 Å². The minimum atomic E-state index is 0.368. The molecule has 28 heavy (non-hydrogen) atoms. The van der Waals surface area contributed by atoms with E-state index < -0.39 is 0 Å². The van der Waals surface area contributed by atoms with Gasteiger partial charge < -0.3 is 14.5 Å². The number of nitrogens with zero attached hydrogens (tertiary/aromatic N) is 3. The lowest BCUT2D eigenvalue weighted by Crippen LogP contribution is -2.56. The number of benzene rings is 1. The van der Waals surface area contributed by atoms with E-state index in [0.717, 1.165) is 64.2 Å². The summed E-state index contributed by atoms with van der Waals surface area (Å²) in [7, 11) is 5.88. The number of ether oxygens (including phenoxy) is 1. The van der Waals surface area contributed by atoms with Gasteiger partial charge in [-0.25, -0.2) is 0 Å². The molecule has 3 rings (SSSR count). The number of fused-ring (bicyclic) bond motifs is 1. The third-order valence-electron chi connectivity index (χ3n) is 6.02. The van der Waals surface area contributed by atoms with Crippen LogP contribution < -0.4 is 4.74 Å². The van der Waals surface area contributed by atoms with Crippen molar-refractivity contribution < 1.29 is 9.53 Å². The minimum Gasteiger partial charge on any atom is -0.497 e. The van der Waals surface area contributed by atoms with Gasteiger partial charge in [-0.3, -0.25) is 9.69 Å². The van der Waals surface area contributed by atoms with Gasteiger partial charge in [0.1, 0.15) is 5.75 Å². The topological polar surface area (TPSA) is 36.0 Å². The van der Waals surface area contributed by atoms with Crippen molar-refractivity contribution in [2.24, 2.45) is 5.92 Å². The van der Waals surface area contributed by atoms with Crippen LogP contribution in [-0.2, 0) is 4.79 Å². The zero-order valence-electron chi connectivity index (χ0n) is 17.6. The van der Waals surface area contributed by atoms with Gasteiger partial charge in [0.15, 0.2) is 0 Å². The molecular weight excluding hydrogens is 350 g/mol. The lowest BCUT2D eigenvalue weighted by molar-refractivity contribution is -0.141. The van der Waals surface area contributed by atoms with E-state index in [1.54, 1.807) is 7.11 Å². The van der Waals surface area contributed by atoms with E-state index in [1.807, 2.05) is 12.1 Å². The molecule has 154 valence electrons. The predicted molar refractivity (Wildman–Crippen MR) is 114 cm³/mol. The van der Waals surface area contributed by atoms with Crippen LogP contribution in [0.25, 0.3) is 6.08 Å². The first kappa shape index (κ1) is 20.9. The zero-order chi connectivity index (χ0) is 19.9. The standard InChI is InChI=1S/C23H35N3O2/c1-24(2)14-5-16-26-22-13-17-25(18-20(22)9-12-23(26)27)15-4-6-19-7-10-21(28-3)11-8-19/h4,6-8,10-11,20,22H,5,9,12-18H2,1-3H3/b6-4+/t20-,22+/m1/s1. The average Bonchev–Trinajstić information content (AvgIpc) is 2.70. The molecule has 2 heterocycles. The highest BCUT2D eigenvalue weighted by Gasteiger charge is 2.38. The highest BCUT2D eigenvalue weighted by Crippen LogP contribution is 2.31. The Morgan fingerprint density at radius 3 is 2.71 bits per heavy atom. The number of piperidine rings is 2. The van der Waals surface area contributed by atoms with Crippen molar-refractivity contribution in [3.8, 4) is 5.75 Å². The molecule has 1 aromatic rings. The van der Waals surface area contributed by atoms with Gasteiger partial charge in [0.2, 0.25) is 5.91 Å². The Labute approximate surface area is 169 Å². The number of hydrogen-bond acceptors (Lipinski definition) is 4. The van der Waals surface area contributed by atoms with E-state index >= 15 is 0 Å².